The van der Waals surface area contributed by atoms with Gasteiger partial charge in [-0.2, -0.15) is 0 Å². The molecule has 0 saturated carbocycles. The van der Waals surface area contributed by atoms with Crippen LogP contribution in [0.4, 0.5) is 20.4 Å². The van der Waals surface area contributed by atoms with Crippen molar-refractivity contribution in [3.8, 4) is 0 Å². The third kappa shape index (κ3) is 2.94. The summed E-state index contributed by atoms with van der Waals surface area (Å²) in [5, 5.41) is 2.82. The number of nitrogens with two attached hydrogens (primary N) is 1. The summed E-state index contributed by atoms with van der Waals surface area (Å²) in [6, 6.07) is 5.83. The van der Waals surface area contributed by atoms with Gasteiger partial charge in [-0.15, -0.1) is 0 Å². The molecule has 0 saturated heterocycles. The summed E-state index contributed by atoms with van der Waals surface area (Å²) in [5.74, 6) is 3.14. The molecule has 2 rings (SSSR count). The maximum atomic E-state index is 13.6. The summed E-state index contributed by atoms with van der Waals surface area (Å²) in [7, 11) is 0. The van der Waals surface area contributed by atoms with Crippen LogP contribution in [0.2, 0.25) is 0 Å². The number of rotatable bonds is 4. The second-order valence-corrected chi connectivity index (χ2v) is 3.91. The lowest BCUT2D eigenvalue weighted by Crippen LogP contribution is -2.15. The second-order valence-electron chi connectivity index (χ2n) is 3.91. The summed E-state index contributed by atoms with van der Waals surface area (Å²) in [5.41, 5.74) is 2.79. The van der Waals surface area contributed by atoms with E-state index in [1.165, 1.54) is 0 Å². The minimum Gasteiger partial charge on any atom is -0.359 e. The number of hydrogen-bond acceptors (Lipinski definition) is 5. The highest BCUT2D eigenvalue weighted by molar-refractivity contribution is 5.47. The van der Waals surface area contributed by atoms with Crippen LogP contribution in [0.25, 0.3) is 0 Å². The van der Waals surface area contributed by atoms with Crippen LogP contribution in [-0.2, 0) is 0 Å². The minimum atomic E-state index is -0.851. The fourth-order valence-electron chi connectivity index (χ4n) is 1.58. The summed E-state index contributed by atoms with van der Waals surface area (Å²) >= 11 is 0. The van der Waals surface area contributed by atoms with E-state index < -0.39 is 11.6 Å². The molecule has 0 aliphatic rings. The molecular formula is C12H13F2N5. The van der Waals surface area contributed by atoms with Crippen LogP contribution < -0.4 is 16.6 Å². The van der Waals surface area contributed by atoms with Crippen molar-refractivity contribution in [2.75, 3.05) is 10.7 Å². The summed E-state index contributed by atoms with van der Waals surface area (Å²) < 4.78 is 26.8. The maximum absolute atomic E-state index is 13.6. The number of pyridine rings is 2. The van der Waals surface area contributed by atoms with Crippen molar-refractivity contribution in [3.63, 3.8) is 0 Å². The highest BCUT2D eigenvalue weighted by Gasteiger charge is 2.14. The highest BCUT2D eigenvalue weighted by atomic mass is 19.1. The van der Waals surface area contributed by atoms with E-state index in [1.807, 2.05) is 6.07 Å². The molecule has 2 aromatic rings. The lowest BCUT2D eigenvalue weighted by molar-refractivity contribution is 0.576. The summed E-state index contributed by atoms with van der Waals surface area (Å²) in [4.78, 5) is 7.87. The van der Waals surface area contributed by atoms with Gasteiger partial charge in [-0.05, 0) is 19.1 Å². The number of nitrogens with zero attached hydrogens (tertiary/aromatic N) is 2. The molecule has 7 heteroatoms. The van der Waals surface area contributed by atoms with Gasteiger partial charge < -0.3 is 10.7 Å². The normalized spacial score (nSPS) is 12.0. The van der Waals surface area contributed by atoms with Gasteiger partial charge in [0, 0.05) is 12.3 Å². The molecule has 0 radical (unpaired) electrons. The summed E-state index contributed by atoms with van der Waals surface area (Å²) in [6.07, 6.45) is 1.63. The van der Waals surface area contributed by atoms with E-state index in [4.69, 9.17) is 5.84 Å². The van der Waals surface area contributed by atoms with Crippen LogP contribution in [0, 0.1) is 11.6 Å². The van der Waals surface area contributed by atoms with Gasteiger partial charge in [-0.1, -0.05) is 6.07 Å². The first-order valence-corrected chi connectivity index (χ1v) is 5.62. The SMILES string of the molecule is CC(Nc1nc(NN)c(F)cc1F)c1ccccn1. The fraction of sp³-hybridized carbons (Fsp3) is 0.167. The Morgan fingerprint density at radius 3 is 2.58 bits per heavy atom. The van der Waals surface area contributed by atoms with Gasteiger partial charge in [0.05, 0.1) is 11.7 Å². The Kier molecular flexibility index (Phi) is 3.86. The number of hydrogen-bond donors (Lipinski definition) is 3. The third-order valence-electron chi connectivity index (χ3n) is 2.55. The quantitative estimate of drug-likeness (QED) is 0.583. The number of nitrogens with one attached hydrogen (secondary N) is 2. The molecule has 5 nitrogen and oxygen atoms in total. The van der Waals surface area contributed by atoms with Gasteiger partial charge in [-0.3, -0.25) is 4.98 Å². The van der Waals surface area contributed by atoms with Gasteiger partial charge in [0.1, 0.15) is 0 Å². The first kappa shape index (κ1) is 13.2. The van der Waals surface area contributed by atoms with Crippen LogP contribution in [0.3, 0.4) is 0 Å². The van der Waals surface area contributed by atoms with Gasteiger partial charge in [-0.25, -0.2) is 19.6 Å². The van der Waals surface area contributed by atoms with Crippen molar-refractivity contribution >= 4 is 11.6 Å². The molecule has 0 bridgehead atoms. The molecule has 1 unspecified atom stereocenters. The van der Waals surface area contributed by atoms with Crippen molar-refractivity contribution in [1.29, 1.82) is 0 Å². The monoisotopic (exact) mass is 265 g/mol. The first-order valence-electron chi connectivity index (χ1n) is 5.62. The van der Waals surface area contributed by atoms with Crippen molar-refractivity contribution < 1.29 is 8.78 Å². The zero-order valence-electron chi connectivity index (χ0n) is 10.2. The third-order valence-corrected chi connectivity index (χ3v) is 2.55. The highest BCUT2D eigenvalue weighted by Crippen LogP contribution is 2.22. The Morgan fingerprint density at radius 1 is 1.21 bits per heavy atom. The second kappa shape index (κ2) is 5.57. The van der Waals surface area contributed by atoms with E-state index in [0.717, 1.165) is 11.8 Å². The Hall–Kier alpha value is -2.28. The van der Waals surface area contributed by atoms with Gasteiger partial charge in [0.2, 0.25) is 0 Å². The number of aromatic nitrogens is 2. The standard InChI is InChI=1S/C12H13F2N5/c1-7(10-4-2-3-5-16-10)17-11-8(13)6-9(14)12(18-11)19-15/h2-7H,15H2,1H3,(H2,17,18,19). The number of nitrogen functional groups attached to an aromatic ring is 1. The average Bonchev–Trinajstić information content (AvgIpc) is 2.42. The van der Waals surface area contributed by atoms with Crippen molar-refractivity contribution in [1.82, 2.24) is 9.97 Å². The van der Waals surface area contributed by atoms with Crippen LogP contribution in [-0.4, -0.2) is 9.97 Å². The van der Waals surface area contributed by atoms with Crippen molar-refractivity contribution in [2.45, 2.75) is 13.0 Å². The average molecular weight is 265 g/mol. The van der Waals surface area contributed by atoms with Gasteiger partial charge >= 0.3 is 0 Å². The molecule has 4 N–H and O–H groups in total. The zero-order chi connectivity index (χ0) is 13.8. The van der Waals surface area contributed by atoms with Crippen LogP contribution in [0.5, 0.6) is 0 Å². The number of hydrazine groups is 1. The van der Waals surface area contributed by atoms with Gasteiger partial charge in [0.25, 0.3) is 0 Å². The topological polar surface area (TPSA) is 75.9 Å². The van der Waals surface area contributed by atoms with E-state index >= 15 is 0 Å². The molecule has 19 heavy (non-hydrogen) atoms. The minimum absolute atomic E-state index is 0.0903. The lowest BCUT2D eigenvalue weighted by Gasteiger charge is -2.15. The van der Waals surface area contributed by atoms with E-state index in [-0.39, 0.29) is 17.7 Å². The molecule has 2 aromatic heterocycles. The molecule has 100 valence electrons. The van der Waals surface area contributed by atoms with E-state index in [0.29, 0.717) is 0 Å². The molecule has 0 aliphatic heterocycles. The van der Waals surface area contributed by atoms with Crippen molar-refractivity contribution in [2.24, 2.45) is 5.84 Å². The van der Waals surface area contributed by atoms with E-state index in [9.17, 15) is 8.78 Å². The largest absolute Gasteiger partial charge is 0.359 e. The predicted molar refractivity (Wildman–Crippen MR) is 68.2 cm³/mol. The molecule has 0 spiro atoms. The number of halogens is 2. The number of anilines is 2. The Bertz CT molecular complexity index is 562. The lowest BCUT2D eigenvalue weighted by atomic mass is 10.2. The molecule has 2 heterocycles. The van der Waals surface area contributed by atoms with Gasteiger partial charge in [0.15, 0.2) is 23.3 Å². The molecule has 0 aromatic carbocycles. The smallest absolute Gasteiger partial charge is 0.178 e. The molecule has 0 aliphatic carbocycles. The fourth-order valence-corrected chi connectivity index (χ4v) is 1.58. The van der Waals surface area contributed by atoms with E-state index in [2.05, 4.69) is 20.7 Å². The molecule has 0 fully saturated rings. The Labute approximate surface area is 108 Å². The summed E-state index contributed by atoms with van der Waals surface area (Å²) in [6.45, 7) is 1.79. The predicted octanol–water partition coefficient (Wildman–Crippen LogP) is 2.21. The Morgan fingerprint density at radius 2 is 1.95 bits per heavy atom. The van der Waals surface area contributed by atoms with Crippen LogP contribution >= 0.6 is 0 Å². The van der Waals surface area contributed by atoms with Crippen LogP contribution in [0.1, 0.15) is 18.7 Å². The van der Waals surface area contributed by atoms with E-state index in [1.54, 1.807) is 25.3 Å². The van der Waals surface area contributed by atoms with Crippen LogP contribution in [0.15, 0.2) is 30.5 Å². The Balaban J connectivity index is 2.24. The molecule has 0 amide bonds. The molecular weight excluding hydrogens is 252 g/mol. The maximum Gasteiger partial charge on any atom is 0.178 e. The first-order chi connectivity index (χ1) is 9.11. The zero-order valence-corrected chi connectivity index (χ0v) is 10.2. The van der Waals surface area contributed by atoms with Crippen molar-refractivity contribution in [3.05, 3.63) is 47.8 Å². The molecule has 1 atom stereocenters.